The Morgan fingerprint density at radius 1 is 0.929 bits per heavy atom. The third-order valence-electron chi connectivity index (χ3n) is 2.28. The fourth-order valence-corrected chi connectivity index (χ4v) is 1.38. The molecule has 0 bridgehead atoms. The molecule has 3 heteroatoms. The summed E-state index contributed by atoms with van der Waals surface area (Å²) in [5, 5.41) is 12.1. The van der Waals surface area contributed by atoms with E-state index in [-0.39, 0.29) is 29.6 Å². The van der Waals surface area contributed by atoms with E-state index in [4.69, 9.17) is 5.21 Å². The molecule has 0 amide bonds. The van der Waals surface area contributed by atoms with Crippen molar-refractivity contribution in [2.45, 2.75) is 65.2 Å². The molecule has 0 aliphatic heterocycles. The molecule has 0 aromatic carbocycles. The molecule has 0 radical (unpaired) electrons. The van der Waals surface area contributed by atoms with Gasteiger partial charge in [0.1, 0.15) is 0 Å². The van der Waals surface area contributed by atoms with Crippen LogP contribution in [0, 0.1) is 0 Å². The van der Waals surface area contributed by atoms with Crippen molar-refractivity contribution in [1.82, 2.24) is 0 Å². The second-order valence-electron chi connectivity index (χ2n) is 3.58. The van der Waals surface area contributed by atoms with Crippen LogP contribution in [-0.4, -0.2) is 40.5 Å². The molecule has 0 aliphatic carbocycles. The Morgan fingerprint density at radius 2 is 1.36 bits per heavy atom. The quantitative estimate of drug-likeness (QED) is 0.215. The van der Waals surface area contributed by atoms with Gasteiger partial charge in [0.2, 0.25) is 0 Å². The van der Waals surface area contributed by atoms with Gasteiger partial charge in [0.25, 0.3) is 0 Å². The standard InChI is InChI=1S/C11H23NO.Na.H/c1-3-5-7-9-11(12-13)10-8-6-4-2;;/h13H,3-10H2,1-2H3;;. The first-order valence-corrected chi connectivity index (χ1v) is 5.54. The Labute approximate surface area is 110 Å². The SMILES string of the molecule is CCCCCC(CCCCC)=NO.[NaH]. The molecule has 0 fully saturated rings. The van der Waals surface area contributed by atoms with Gasteiger partial charge in [-0.05, 0) is 25.7 Å². The van der Waals surface area contributed by atoms with Crippen molar-refractivity contribution in [3.05, 3.63) is 0 Å². The maximum atomic E-state index is 8.71. The van der Waals surface area contributed by atoms with E-state index in [0.29, 0.717) is 0 Å². The molecule has 1 N–H and O–H groups in total. The minimum absolute atomic E-state index is 0. The fourth-order valence-electron chi connectivity index (χ4n) is 1.38. The summed E-state index contributed by atoms with van der Waals surface area (Å²) in [6.07, 6.45) is 9.24. The maximum absolute atomic E-state index is 8.71. The van der Waals surface area contributed by atoms with Crippen LogP contribution >= 0.6 is 0 Å². The Kier molecular flexibility index (Phi) is 16.2. The summed E-state index contributed by atoms with van der Waals surface area (Å²) in [5.74, 6) is 0. The van der Waals surface area contributed by atoms with Crippen LogP contribution < -0.4 is 0 Å². The number of rotatable bonds is 8. The average Bonchev–Trinajstić information content (AvgIpc) is 2.16. The van der Waals surface area contributed by atoms with Crippen molar-refractivity contribution < 1.29 is 5.21 Å². The van der Waals surface area contributed by atoms with Crippen LogP contribution in [0.3, 0.4) is 0 Å². The van der Waals surface area contributed by atoms with E-state index in [1.165, 1.54) is 38.5 Å². The van der Waals surface area contributed by atoms with Gasteiger partial charge in [-0.2, -0.15) is 0 Å². The van der Waals surface area contributed by atoms with Gasteiger partial charge >= 0.3 is 29.6 Å². The van der Waals surface area contributed by atoms with Crippen LogP contribution in [0.1, 0.15) is 65.2 Å². The van der Waals surface area contributed by atoms with Crippen LogP contribution in [0.25, 0.3) is 0 Å². The topological polar surface area (TPSA) is 32.6 Å². The predicted octanol–water partition coefficient (Wildman–Crippen LogP) is 3.33. The molecule has 0 unspecified atom stereocenters. The number of oxime groups is 1. The third kappa shape index (κ3) is 10.6. The number of hydrogen-bond donors (Lipinski definition) is 1. The zero-order chi connectivity index (χ0) is 9.94. The van der Waals surface area contributed by atoms with Crippen molar-refractivity contribution in [2.75, 3.05) is 0 Å². The van der Waals surface area contributed by atoms with E-state index in [1.807, 2.05) is 0 Å². The van der Waals surface area contributed by atoms with Gasteiger partial charge in [-0.3, -0.25) is 0 Å². The Hall–Kier alpha value is 0.470. The van der Waals surface area contributed by atoms with Crippen molar-refractivity contribution in [3.63, 3.8) is 0 Å². The minimum atomic E-state index is 0. The summed E-state index contributed by atoms with van der Waals surface area (Å²) in [7, 11) is 0. The zero-order valence-corrected chi connectivity index (χ0v) is 9.05. The third-order valence-corrected chi connectivity index (χ3v) is 2.28. The van der Waals surface area contributed by atoms with Gasteiger partial charge in [-0.25, -0.2) is 0 Å². The van der Waals surface area contributed by atoms with Crippen LogP contribution in [0.15, 0.2) is 5.16 Å². The molecular formula is C11H24NNaO. The zero-order valence-electron chi connectivity index (χ0n) is 9.05. The van der Waals surface area contributed by atoms with Gasteiger partial charge in [-0.1, -0.05) is 44.7 Å². The van der Waals surface area contributed by atoms with E-state index < -0.39 is 0 Å². The second kappa shape index (κ2) is 13.5. The van der Waals surface area contributed by atoms with Crippen molar-refractivity contribution >= 4 is 35.3 Å². The van der Waals surface area contributed by atoms with Crippen molar-refractivity contribution in [2.24, 2.45) is 5.16 Å². The Morgan fingerprint density at radius 3 is 1.64 bits per heavy atom. The summed E-state index contributed by atoms with van der Waals surface area (Å²) in [6.45, 7) is 4.37. The molecule has 0 spiro atoms. The van der Waals surface area contributed by atoms with Crippen LogP contribution in [0.4, 0.5) is 0 Å². The first-order chi connectivity index (χ1) is 6.35. The summed E-state index contributed by atoms with van der Waals surface area (Å²) in [5.41, 5.74) is 0.988. The molecule has 2 nitrogen and oxygen atoms in total. The number of nitrogens with zero attached hydrogens (tertiary/aromatic N) is 1. The van der Waals surface area contributed by atoms with E-state index in [0.717, 1.165) is 18.6 Å². The molecule has 0 saturated heterocycles. The summed E-state index contributed by atoms with van der Waals surface area (Å²) in [4.78, 5) is 0. The van der Waals surface area contributed by atoms with Gasteiger partial charge < -0.3 is 5.21 Å². The Bertz CT molecular complexity index is 125. The van der Waals surface area contributed by atoms with Crippen molar-refractivity contribution in [1.29, 1.82) is 0 Å². The van der Waals surface area contributed by atoms with Gasteiger partial charge in [0.05, 0.1) is 5.71 Å². The van der Waals surface area contributed by atoms with Crippen LogP contribution in [-0.2, 0) is 0 Å². The van der Waals surface area contributed by atoms with Crippen molar-refractivity contribution in [3.8, 4) is 0 Å². The van der Waals surface area contributed by atoms with Crippen LogP contribution in [0.5, 0.6) is 0 Å². The predicted molar refractivity (Wildman–Crippen MR) is 64.7 cm³/mol. The Balaban J connectivity index is 0. The monoisotopic (exact) mass is 209 g/mol. The molecule has 0 saturated carbocycles. The summed E-state index contributed by atoms with van der Waals surface area (Å²) < 4.78 is 0. The molecule has 0 aromatic heterocycles. The molecule has 0 heterocycles. The fraction of sp³-hybridized carbons (Fsp3) is 0.909. The van der Waals surface area contributed by atoms with E-state index in [1.54, 1.807) is 0 Å². The summed E-state index contributed by atoms with van der Waals surface area (Å²) in [6, 6.07) is 0. The summed E-state index contributed by atoms with van der Waals surface area (Å²) >= 11 is 0. The van der Waals surface area contributed by atoms with E-state index >= 15 is 0 Å². The molecule has 0 atom stereocenters. The van der Waals surface area contributed by atoms with Gasteiger partial charge in [0.15, 0.2) is 0 Å². The first kappa shape index (κ1) is 16.9. The molecule has 0 aromatic rings. The molecule has 0 aliphatic rings. The van der Waals surface area contributed by atoms with Gasteiger partial charge in [-0.15, -0.1) is 0 Å². The number of unbranched alkanes of at least 4 members (excludes halogenated alkanes) is 4. The van der Waals surface area contributed by atoms with E-state index in [2.05, 4.69) is 19.0 Å². The average molecular weight is 209 g/mol. The molecule has 0 rings (SSSR count). The first-order valence-electron chi connectivity index (χ1n) is 5.54. The second-order valence-corrected chi connectivity index (χ2v) is 3.58. The molecule has 14 heavy (non-hydrogen) atoms. The molecular weight excluding hydrogens is 185 g/mol. The van der Waals surface area contributed by atoms with E-state index in [9.17, 15) is 0 Å². The molecule has 80 valence electrons. The van der Waals surface area contributed by atoms with Crippen LogP contribution in [0.2, 0.25) is 0 Å². The number of hydrogen-bond acceptors (Lipinski definition) is 2. The van der Waals surface area contributed by atoms with Gasteiger partial charge in [0, 0.05) is 0 Å². The normalized spacial score (nSPS) is 9.29.